The molecule has 5 heteroatoms. The summed E-state index contributed by atoms with van der Waals surface area (Å²) < 4.78 is 0. The first-order valence-corrected chi connectivity index (χ1v) is 11.4. The second-order valence-corrected chi connectivity index (χ2v) is 10.2. The average molecular weight is 374 g/mol. The van der Waals surface area contributed by atoms with E-state index in [0.29, 0.717) is 12.5 Å². The molecule has 0 aromatic rings. The Labute approximate surface area is 163 Å². The van der Waals surface area contributed by atoms with Crippen LogP contribution in [-0.4, -0.2) is 72.3 Å². The average Bonchev–Trinajstić information content (AvgIpc) is 2.68. The third kappa shape index (κ3) is 3.41. The molecule has 4 bridgehead atoms. The van der Waals surface area contributed by atoms with Crippen LogP contribution in [0.5, 0.6) is 0 Å². The van der Waals surface area contributed by atoms with Crippen LogP contribution in [0.15, 0.2) is 0 Å². The summed E-state index contributed by atoms with van der Waals surface area (Å²) >= 11 is 0. The van der Waals surface area contributed by atoms with Crippen LogP contribution >= 0.6 is 0 Å². The monoisotopic (exact) mass is 373 g/mol. The molecular formula is C22H35N3O2. The molecule has 0 unspecified atom stereocenters. The standard InChI is InChI=1S/C22H35N3O2/c26-20(24-4-2-1-3-5-24)16-23-6-8-25(9-7-23)21(27)22-13-17-10-18(14-22)12-19(11-17)15-22/h17-19H,1-16H2. The van der Waals surface area contributed by atoms with Gasteiger partial charge in [-0.15, -0.1) is 0 Å². The van der Waals surface area contributed by atoms with E-state index in [1.807, 2.05) is 4.90 Å². The highest BCUT2D eigenvalue weighted by molar-refractivity contribution is 5.83. The van der Waals surface area contributed by atoms with E-state index in [-0.39, 0.29) is 11.3 Å². The number of piperazine rings is 1. The van der Waals surface area contributed by atoms with Crippen LogP contribution < -0.4 is 0 Å². The largest absolute Gasteiger partial charge is 0.342 e. The van der Waals surface area contributed by atoms with Gasteiger partial charge in [0.1, 0.15) is 0 Å². The molecule has 6 fully saturated rings. The van der Waals surface area contributed by atoms with Gasteiger partial charge in [0, 0.05) is 39.3 Å². The van der Waals surface area contributed by atoms with Gasteiger partial charge < -0.3 is 9.80 Å². The van der Waals surface area contributed by atoms with Crippen LogP contribution in [-0.2, 0) is 9.59 Å². The number of carbonyl (C=O) groups is 2. The predicted molar refractivity (Wildman–Crippen MR) is 104 cm³/mol. The van der Waals surface area contributed by atoms with E-state index in [4.69, 9.17) is 0 Å². The number of hydrogen-bond acceptors (Lipinski definition) is 3. The lowest BCUT2D eigenvalue weighted by molar-refractivity contribution is -0.159. The molecule has 0 aromatic carbocycles. The Bertz CT molecular complexity index is 555. The van der Waals surface area contributed by atoms with Gasteiger partial charge in [-0.2, -0.15) is 0 Å². The zero-order valence-electron chi connectivity index (χ0n) is 16.7. The molecular weight excluding hydrogens is 338 g/mol. The first-order valence-electron chi connectivity index (χ1n) is 11.4. The summed E-state index contributed by atoms with van der Waals surface area (Å²) in [4.78, 5) is 32.4. The molecule has 27 heavy (non-hydrogen) atoms. The normalized spacial score (nSPS) is 39.0. The summed E-state index contributed by atoms with van der Waals surface area (Å²) in [6.45, 7) is 5.75. The fourth-order valence-electron chi connectivity index (χ4n) is 7.25. The molecule has 4 saturated carbocycles. The number of rotatable bonds is 3. The highest BCUT2D eigenvalue weighted by Gasteiger charge is 2.55. The summed E-state index contributed by atoms with van der Waals surface area (Å²) in [7, 11) is 0. The molecule has 2 saturated heterocycles. The Balaban J connectivity index is 1.15. The Morgan fingerprint density at radius 3 is 1.81 bits per heavy atom. The van der Waals surface area contributed by atoms with Crippen molar-refractivity contribution in [3.05, 3.63) is 0 Å². The van der Waals surface area contributed by atoms with Crippen LogP contribution in [0.1, 0.15) is 57.8 Å². The lowest BCUT2D eigenvalue weighted by atomic mass is 9.49. The number of nitrogens with zero attached hydrogens (tertiary/aromatic N) is 3. The number of carbonyl (C=O) groups excluding carboxylic acids is 2. The van der Waals surface area contributed by atoms with Crippen molar-refractivity contribution >= 4 is 11.8 Å². The number of piperidine rings is 1. The van der Waals surface area contributed by atoms with E-state index >= 15 is 0 Å². The van der Waals surface area contributed by atoms with E-state index in [9.17, 15) is 9.59 Å². The quantitative estimate of drug-likeness (QED) is 0.763. The number of amides is 2. The topological polar surface area (TPSA) is 43.9 Å². The summed E-state index contributed by atoms with van der Waals surface area (Å²) in [5, 5.41) is 0. The van der Waals surface area contributed by atoms with Crippen LogP contribution in [0, 0.1) is 23.2 Å². The van der Waals surface area contributed by atoms with Gasteiger partial charge in [0.2, 0.25) is 11.8 Å². The number of hydrogen-bond donors (Lipinski definition) is 0. The van der Waals surface area contributed by atoms with Gasteiger partial charge in [0.05, 0.1) is 12.0 Å². The molecule has 0 atom stereocenters. The van der Waals surface area contributed by atoms with Gasteiger partial charge in [-0.3, -0.25) is 14.5 Å². The smallest absolute Gasteiger partial charge is 0.236 e. The highest BCUT2D eigenvalue weighted by Crippen LogP contribution is 2.60. The molecule has 4 aliphatic carbocycles. The molecule has 0 N–H and O–H groups in total. The maximum absolute atomic E-state index is 13.5. The molecule has 150 valence electrons. The van der Waals surface area contributed by atoms with E-state index in [1.54, 1.807) is 0 Å². The fraction of sp³-hybridized carbons (Fsp3) is 0.909. The SMILES string of the molecule is O=C(CN1CCN(C(=O)C23CC4CC(CC(C4)C2)C3)CC1)N1CCCCC1. The summed E-state index contributed by atoms with van der Waals surface area (Å²) in [5.41, 5.74) is -0.0134. The molecule has 2 aliphatic heterocycles. The maximum atomic E-state index is 13.5. The van der Waals surface area contributed by atoms with Crippen molar-refractivity contribution in [2.75, 3.05) is 45.8 Å². The second-order valence-electron chi connectivity index (χ2n) is 10.2. The zero-order valence-corrected chi connectivity index (χ0v) is 16.7. The molecule has 6 rings (SSSR count). The van der Waals surface area contributed by atoms with Crippen molar-refractivity contribution in [3.63, 3.8) is 0 Å². The second kappa shape index (κ2) is 7.06. The van der Waals surface area contributed by atoms with Crippen molar-refractivity contribution in [2.24, 2.45) is 23.2 Å². The third-order valence-corrected chi connectivity index (χ3v) is 8.22. The van der Waals surface area contributed by atoms with Gasteiger partial charge in [0.15, 0.2) is 0 Å². The van der Waals surface area contributed by atoms with Gasteiger partial charge in [-0.1, -0.05) is 0 Å². The molecule has 5 nitrogen and oxygen atoms in total. The fourth-order valence-corrected chi connectivity index (χ4v) is 7.25. The Kier molecular flexibility index (Phi) is 4.69. The minimum atomic E-state index is -0.0134. The van der Waals surface area contributed by atoms with E-state index in [1.165, 1.54) is 25.7 Å². The number of likely N-dealkylation sites (tertiary alicyclic amines) is 1. The Morgan fingerprint density at radius 2 is 1.26 bits per heavy atom. The van der Waals surface area contributed by atoms with Gasteiger partial charge in [0.25, 0.3) is 0 Å². The van der Waals surface area contributed by atoms with E-state index in [2.05, 4.69) is 9.80 Å². The Morgan fingerprint density at radius 1 is 0.704 bits per heavy atom. The molecule has 2 heterocycles. The van der Waals surface area contributed by atoms with Gasteiger partial charge in [-0.25, -0.2) is 0 Å². The molecule has 0 radical (unpaired) electrons. The predicted octanol–water partition coefficient (Wildman–Crippen LogP) is 2.36. The van der Waals surface area contributed by atoms with Crippen LogP contribution in [0.25, 0.3) is 0 Å². The molecule has 0 spiro atoms. The van der Waals surface area contributed by atoms with Crippen LogP contribution in [0.2, 0.25) is 0 Å². The lowest BCUT2D eigenvalue weighted by Gasteiger charge is -2.57. The summed E-state index contributed by atoms with van der Waals surface area (Å²) in [5.74, 6) is 3.22. The Hall–Kier alpha value is -1.10. The molecule has 2 amide bonds. The van der Waals surface area contributed by atoms with Gasteiger partial charge >= 0.3 is 0 Å². The highest BCUT2D eigenvalue weighted by atomic mass is 16.2. The van der Waals surface area contributed by atoms with E-state index < -0.39 is 0 Å². The first kappa shape index (κ1) is 18.0. The van der Waals surface area contributed by atoms with Gasteiger partial charge in [-0.05, 0) is 75.5 Å². The zero-order chi connectivity index (χ0) is 18.4. The summed E-state index contributed by atoms with van der Waals surface area (Å²) in [6, 6.07) is 0. The summed E-state index contributed by atoms with van der Waals surface area (Å²) in [6.07, 6.45) is 11.2. The third-order valence-electron chi connectivity index (χ3n) is 8.22. The lowest BCUT2D eigenvalue weighted by Crippen LogP contribution is -2.58. The maximum Gasteiger partial charge on any atom is 0.236 e. The van der Waals surface area contributed by atoms with Crippen molar-refractivity contribution < 1.29 is 9.59 Å². The van der Waals surface area contributed by atoms with Crippen molar-refractivity contribution in [2.45, 2.75) is 57.8 Å². The van der Waals surface area contributed by atoms with Crippen molar-refractivity contribution in [3.8, 4) is 0 Å². The van der Waals surface area contributed by atoms with Crippen molar-refractivity contribution in [1.29, 1.82) is 0 Å². The minimum absolute atomic E-state index is 0.0134. The molecule has 6 aliphatic rings. The van der Waals surface area contributed by atoms with Crippen LogP contribution in [0.3, 0.4) is 0 Å². The van der Waals surface area contributed by atoms with Crippen LogP contribution in [0.4, 0.5) is 0 Å². The first-order chi connectivity index (χ1) is 13.1. The molecule has 0 aromatic heterocycles. The van der Waals surface area contributed by atoms with Crippen molar-refractivity contribution in [1.82, 2.24) is 14.7 Å². The minimum Gasteiger partial charge on any atom is -0.342 e. The van der Waals surface area contributed by atoms with E-state index in [0.717, 1.165) is 89.1 Å².